The van der Waals surface area contributed by atoms with Gasteiger partial charge in [-0.25, -0.2) is 0 Å². The molecule has 2 aliphatic carbocycles. The molecule has 2 aliphatic rings. The Bertz CT molecular complexity index is 2840. The summed E-state index contributed by atoms with van der Waals surface area (Å²) in [5, 5.41) is 2.92. The summed E-state index contributed by atoms with van der Waals surface area (Å²) in [6.45, 7) is 65.6. The number of halogens is 1. The Morgan fingerprint density at radius 1 is 0.547 bits per heavy atom. The average Bonchev–Trinajstić information content (AvgIpc) is 1.56. The third kappa shape index (κ3) is 40.6. The van der Waals surface area contributed by atoms with E-state index in [-0.39, 0.29) is 104 Å². The van der Waals surface area contributed by atoms with E-state index in [0.29, 0.717) is 80.9 Å². The summed E-state index contributed by atoms with van der Waals surface area (Å²) in [4.78, 5) is 74.5. The van der Waals surface area contributed by atoms with Gasteiger partial charge >= 0.3 is 11.9 Å². The van der Waals surface area contributed by atoms with Crippen molar-refractivity contribution in [3.05, 3.63) is 68.5 Å². The van der Waals surface area contributed by atoms with E-state index in [1.807, 2.05) is 17.4 Å². The second kappa shape index (κ2) is 48.8. The fourth-order valence-corrected chi connectivity index (χ4v) is 18.8. The number of carbonyl (C=O) groups excluding carboxylic acids is 6. The van der Waals surface area contributed by atoms with E-state index < -0.39 is 41.6 Å². The summed E-state index contributed by atoms with van der Waals surface area (Å²) in [6.07, 6.45) is 32.3. The molecule has 1 aromatic rings. The molecule has 3 rings (SSSR count). The summed E-state index contributed by atoms with van der Waals surface area (Å²) in [7, 11) is -6.68. The molecule has 0 aliphatic heterocycles. The van der Waals surface area contributed by atoms with Crippen molar-refractivity contribution in [2.75, 3.05) is 14.2 Å². The molecule has 1 heterocycles. The van der Waals surface area contributed by atoms with Crippen LogP contribution in [0, 0.1) is 17.8 Å². The first-order chi connectivity index (χ1) is 48.6. The maximum absolute atomic E-state index is 13.4. The molecule has 0 saturated heterocycles. The van der Waals surface area contributed by atoms with Crippen molar-refractivity contribution < 1.29 is 60.4 Å². The fraction of sp³-hybridized carbons (Fsp3) is 0.791. The number of hydrogen-bond donors (Lipinski definition) is 0. The third-order valence-corrected chi connectivity index (χ3v) is 47.1. The highest BCUT2D eigenvalue weighted by atomic mass is 127. The summed E-state index contributed by atoms with van der Waals surface area (Å²) in [6, 6.07) is 4.33. The van der Waals surface area contributed by atoms with Crippen LogP contribution in [0.25, 0.3) is 0 Å². The monoisotopic (exact) mass is 1700 g/mol. The summed E-state index contributed by atoms with van der Waals surface area (Å²) >= 11 is 4.13. The van der Waals surface area contributed by atoms with Crippen LogP contribution in [0.4, 0.5) is 0 Å². The lowest BCUT2D eigenvalue weighted by molar-refractivity contribution is -0.141. The molecule has 0 amide bonds. The molecule has 8 atom stereocenters. The number of esters is 2. The van der Waals surface area contributed by atoms with Gasteiger partial charge in [-0.15, -0.1) is 11.3 Å². The zero-order valence-electron chi connectivity index (χ0n) is 73.5. The maximum Gasteiger partial charge on any atom is 0.305 e. The Morgan fingerprint density at radius 2 is 0.991 bits per heavy atom. The number of methoxy groups -OCH3 is 2. The van der Waals surface area contributed by atoms with Crippen molar-refractivity contribution in [3.8, 4) is 0 Å². The quantitative estimate of drug-likeness (QED) is 0.0200. The Hall–Kier alpha value is -2.11. The van der Waals surface area contributed by atoms with E-state index in [4.69, 9.17) is 26.9 Å². The molecule has 5 unspecified atom stereocenters. The Labute approximate surface area is 673 Å². The first-order valence-electron chi connectivity index (χ1n) is 40.6. The molecule has 0 bridgehead atoms. The number of hydrogen-bond acceptors (Lipinski definition) is 14. The molecular formula is C86H159IO13SSi5. The van der Waals surface area contributed by atoms with E-state index in [9.17, 15) is 28.8 Å². The van der Waals surface area contributed by atoms with E-state index in [2.05, 4.69) is 276 Å². The zero-order valence-corrected chi connectivity index (χ0v) is 81.4. The molecule has 0 radical (unpaired) electrons. The number of ether oxygens (including phenoxy) is 2. The van der Waals surface area contributed by atoms with Crippen LogP contribution in [0.3, 0.4) is 0 Å². The number of thiophene rings is 1. The molecule has 0 N–H and O–H groups in total. The molecular weight excluding hydrogens is 1540 g/mol. The predicted octanol–water partition coefficient (Wildman–Crippen LogP) is 25.7. The van der Waals surface area contributed by atoms with Gasteiger partial charge < -0.3 is 31.6 Å². The molecule has 1 saturated carbocycles. The molecule has 0 aromatic carbocycles. The van der Waals surface area contributed by atoms with Crippen molar-refractivity contribution in [1.29, 1.82) is 0 Å². The Kier molecular flexibility index (Phi) is 47.9. The highest BCUT2D eigenvalue weighted by Gasteiger charge is 2.49. The van der Waals surface area contributed by atoms with Crippen LogP contribution in [-0.4, -0.2) is 121 Å². The standard InChI is InChI=1S/C33H62O6Si2.C19H32O5Si.C19H34OSSi.C15H31IOSi/c1-13-14-15-19-26(38-40(9,10)32(2,3)4)21-22-27-28(23-25(34)18-16-17-20-31(36)37-8)29(35)24-30(27)39-41(11,12)33(5,6)7;1-19(2,3)25(5,6)24-16-12-14(17(21)13-16)11-15(20)9-7-8-10-18(22)23-4;1-7-8-9-12-17(20-22(5,6)19(2,3)4)13-10-14-18-15-11-16-21-18;1-8-9-13(2)12-14(10-11-16)17-18(6,7)15(3,4)5/h21-22,26-28,30H,13-20,23-24H2,1-12H3;12,16H,7-11,13H2,1-6H3;10-11,13,15-17H,7-9,12,14H2,1-6H3;10-11,13-14H,8-9,12H2,1-7H3/b22-21+;;13-10+;11-10+/t26?,27-,28-,30?;;;13-,14?/m1..0/s1. The maximum atomic E-state index is 13.4. The molecule has 1 aromatic heterocycles. The normalized spacial score (nSPS) is 18.5. The van der Waals surface area contributed by atoms with E-state index in [0.717, 1.165) is 50.9 Å². The van der Waals surface area contributed by atoms with Crippen molar-refractivity contribution in [2.45, 2.75) is 407 Å². The van der Waals surface area contributed by atoms with E-state index in [1.165, 1.54) is 51.2 Å². The first kappa shape index (κ1) is 104. The topological polar surface area (TPSA) is 167 Å². The number of ketones is 4. The third-order valence-electron chi connectivity index (χ3n) is 23.3. The molecule has 0 spiro atoms. The lowest BCUT2D eigenvalue weighted by Crippen LogP contribution is -2.45. The van der Waals surface area contributed by atoms with E-state index in [1.54, 1.807) is 0 Å². The van der Waals surface area contributed by atoms with Gasteiger partial charge in [-0.2, -0.15) is 0 Å². The molecule has 614 valence electrons. The predicted molar refractivity (Wildman–Crippen MR) is 471 cm³/mol. The van der Waals surface area contributed by atoms with Gasteiger partial charge in [0, 0.05) is 73.7 Å². The largest absolute Gasteiger partial charge is 0.469 e. The molecule has 13 nitrogen and oxygen atoms in total. The zero-order chi connectivity index (χ0) is 81.9. The highest BCUT2D eigenvalue weighted by Crippen LogP contribution is 2.45. The van der Waals surface area contributed by atoms with Gasteiger partial charge in [0.1, 0.15) is 17.3 Å². The number of unbranched alkanes of at least 4 members (excludes halogenated alkanes) is 6. The van der Waals surface area contributed by atoms with Crippen LogP contribution < -0.4 is 0 Å². The van der Waals surface area contributed by atoms with Crippen molar-refractivity contribution in [3.63, 3.8) is 0 Å². The second-order valence-corrected chi connectivity index (χ2v) is 63.4. The highest BCUT2D eigenvalue weighted by molar-refractivity contribution is 14.1. The first-order valence-corrected chi connectivity index (χ1v) is 57.2. The van der Waals surface area contributed by atoms with Crippen LogP contribution in [0.2, 0.25) is 90.7 Å². The van der Waals surface area contributed by atoms with Gasteiger partial charge in [0.05, 0.1) is 44.7 Å². The van der Waals surface area contributed by atoms with E-state index >= 15 is 0 Å². The van der Waals surface area contributed by atoms with Crippen LogP contribution in [0.15, 0.2) is 63.6 Å². The van der Waals surface area contributed by atoms with Gasteiger partial charge in [0.2, 0.25) is 0 Å². The van der Waals surface area contributed by atoms with Gasteiger partial charge in [-0.3, -0.25) is 28.8 Å². The minimum atomic E-state index is -2.14. The second-order valence-electron chi connectivity index (χ2n) is 37.8. The van der Waals surface area contributed by atoms with Crippen molar-refractivity contribution in [1.82, 2.24) is 0 Å². The van der Waals surface area contributed by atoms with Gasteiger partial charge in [-0.1, -0.05) is 242 Å². The van der Waals surface area contributed by atoms with Crippen molar-refractivity contribution >= 4 is 111 Å². The van der Waals surface area contributed by atoms with Gasteiger partial charge in [0.25, 0.3) is 0 Å². The lowest BCUT2D eigenvalue weighted by Gasteiger charge is -2.40. The average molecular weight is 1700 g/mol. The van der Waals surface area contributed by atoms with Gasteiger partial charge in [0.15, 0.2) is 47.4 Å². The number of carbonyl (C=O) groups is 6. The minimum Gasteiger partial charge on any atom is -0.469 e. The Balaban J connectivity index is 0.00000146. The van der Waals surface area contributed by atoms with Crippen LogP contribution in [0.1, 0.15) is 284 Å². The summed E-state index contributed by atoms with van der Waals surface area (Å²) in [5.74, 6) is -0.0258. The molecule has 20 heteroatoms. The molecule has 106 heavy (non-hydrogen) atoms. The number of allylic oxidation sites excluding steroid dienone is 2. The molecule has 1 fully saturated rings. The lowest BCUT2D eigenvalue weighted by atomic mass is 9.88. The summed E-state index contributed by atoms with van der Waals surface area (Å²) < 4.78 is 44.5. The Morgan fingerprint density at radius 3 is 1.42 bits per heavy atom. The smallest absolute Gasteiger partial charge is 0.305 e. The SMILES string of the molecule is CCCCCC(/C=C/Cc1cccs1)O[Si](C)(C)C(C)(C)C.CCCCCC(/C=C/[C@H]1C(O[Si](C)(C)C(C)(C)C)CC(=O)[C@@H]1CC(=O)CCCCC(=O)OC)O[Si](C)(C)C(C)(C)C.CCC[C@H](C)CC(/C=C/I)O[Si](C)(C)C(C)(C)C.COC(=O)CCCCC(=O)CC1=CC(O[Si](C)(C)C(C)(C)C)CC1=O. The number of Topliss-reactive ketones (excluding diaryl/α,β-unsaturated/α-hetero) is 4. The van der Waals surface area contributed by atoms with Gasteiger partial charge in [-0.05, 0) is 170 Å². The van der Waals surface area contributed by atoms with Crippen LogP contribution in [0.5, 0.6) is 0 Å². The number of rotatable bonds is 42. The van der Waals surface area contributed by atoms with Crippen LogP contribution >= 0.6 is 33.9 Å². The fourth-order valence-electron chi connectivity index (χ4n) is 11.2. The van der Waals surface area contributed by atoms with Crippen LogP contribution in [-0.2, 0) is 66.8 Å². The minimum absolute atomic E-state index is 0.0126. The van der Waals surface area contributed by atoms with Crippen molar-refractivity contribution in [2.24, 2.45) is 17.8 Å². The summed E-state index contributed by atoms with van der Waals surface area (Å²) in [5.41, 5.74) is 0.585.